The summed E-state index contributed by atoms with van der Waals surface area (Å²) in [4.78, 5) is 0. The normalized spacial score (nSPS) is 22.9. The fraction of sp³-hybridized carbons (Fsp3) is 1.00. The zero-order chi connectivity index (χ0) is 12.0. The molecular weight excluding hydrogens is 238 g/mol. The maximum absolute atomic E-state index is 5.42. The van der Waals surface area contributed by atoms with Crippen LogP contribution < -0.4 is 0 Å². The summed E-state index contributed by atoms with van der Waals surface area (Å²) in [7, 11) is 2.19. The molecule has 0 bridgehead atoms. The largest absolute Gasteiger partial charge is 0.500 e. The molecule has 6 heteroatoms. The Balaban J connectivity index is 2.27. The molecule has 0 radical (unpaired) electrons. The maximum Gasteiger partial charge on any atom is 0.500 e. The monoisotopic (exact) mass is 263 g/mol. The van der Waals surface area contributed by atoms with Crippen molar-refractivity contribution in [2.75, 3.05) is 34.4 Å². The van der Waals surface area contributed by atoms with Gasteiger partial charge in [0, 0.05) is 27.4 Å². The van der Waals surface area contributed by atoms with Gasteiger partial charge in [-0.05, 0) is 32.0 Å². The first-order chi connectivity index (χ1) is 7.67. The van der Waals surface area contributed by atoms with Crippen LogP contribution in [0.25, 0.3) is 0 Å². The van der Waals surface area contributed by atoms with E-state index in [1.165, 1.54) is 25.6 Å². The van der Waals surface area contributed by atoms with Gasteiger partial charge in [-0.25, -0.2) is 0 Å². The molecule has 0 amide bonds. The average molecular weight is 263 g/mol. The van der Waals surface area contributed by atoms with E-state index < -0.39 is 17.8 Å². The highest BCUT2D eigenvalue weighted by Crippen LogP contribution is 2.19. The highest BCUT2D eigenvalue weighted by atomic mass is 28.4. The number of nitrogens with zero attached hydrogens (tertiary/aromatic N) is 1. The number of hydrogen-bond donors (Lipinski definition) is 0. The molecule has 0 spiro atoms. The lowest BCUT2D eigenvalue weighted by molar-refractivity contribution is 0.122. The minimum absolute atomic E-state index is 0.550. The highest BCUT2D eigenvalue weighted by molar-refractivity contribution is 6.60. The summed E-state index contributed by atoms with van der Waals surface area (Å²) in [6, 6.07) is 2.40. The van der Waals surface area contributed by atoms with E-state index in [4.69, 9.17) is 13.3 Å². The van der Waals surface area contributed by atoms with E-state index in [-0.39, 0.29) is 0 Å². The first-order valence-electron chi connectivity index (χ1n) is 6.07. The predicted octanol–water partition coefficient (Wildman–Crippen LogP) is 1.31. The van der Waals surface area contributed by atoms with Gasteiger partial charge in [-0.15, -0.1) is 0 Å². The van der Waals surface area contributed by atoms with Crippen molar-refractivity contribution in [1.82, 2.24) is 4.57 Å². The lowest BCUT2D eigenvalue weighted by Gasteiger charge is -2.26. The third-order valence-corrected chi connectivity index (χ3v) is 9.39. The summed E-state index contributed by atoms with van der Waals surface area (Å²) in [5.74, 6) is 0. The van der Waals surface area contributed by atoms with Crippen molar-refractivity contribution >= 4 is 17.8 Å². The van der Waals surface area contributed by atoms with Gasteiger partial charge in [0.15, 0.2) is 0 Å². The summed E-state index contributed by atoms with van der Waals surface area (Å²) >= 11 is 0. The van der Waals surface area contributed by atoms with Gasteiger partial charge in [0.1, 0.15) is 8.96 Å². The van der Waals surface area contributed by atoms with Crippen LogP contribution in [0.4, 0.5) is 0 Å². The van der Waals surface area contributed by atoms with Gasteiger partial charge >= 0.3 is 8.80 Å². The Morgan fingerprint density at radius 3 is 2.25 bits per heavy atom. The van der Waals surface area contributed by atoms with Crippen molar-refractivity contribution in [2.24, 2.45) is 0 Å². The lowest BCUT2D eigenvalue weighted by atomic mass is 10.4. The van der Waals surface area contributed by atoms with Gasteiger partial charge in [0.2, 0.25) is 0 Å². The Hall–Kier alpha value is 0.274. The van der Waals surface area contributed by atoms with Crippen LogP contribution in [0.15, 0.2) is 0 Å². The van der Waals surface area contributed by atoms with E-state index in [2.05, 4.69) is 11.1 Å². The van der Waals surface area contributed by atoms with Crippen LogP contribution in [0, 0.1) is 0 Å². The second-order valence-corrected chi connectivity index (χ2v) is 10.5. The first-order valence-corrected chi connectivity index (χ1v) is 10.5. The Labute approximate surface area is 102 Å². The Morgan fingerprint density at radius 1 is 1.19 bits per heavy atom. The van der Waals surface area contributed by atoms with Crippen LogP contribution in [0.5, 0.6) is 0 Å². The van der Waals surface area contributed by atoms with Gasteiger partial charge in [0.25, 0.3) is 0 Å². The second kappa shape index (κ2) is 6.88. The van der Waals surface area contributed by atoms with E-state index in [0.717, 1.165) is 12.5 Å². The van der Waals surface area contributed by atoms with Crippen molar-refractivity contribution in [1.29, 1.82) is 0 Å². The summed E-state index contributed by atoms with van der Waals surface area (Å²) in [6.07, 6.45) is 2.52. The van der Waals surface area contributed by atoms with Gasteiger partial charge in [-0.3, -0.25) is 0 Å². The van der Waals surface area contributed by atoms with Gasteiger partial charge in [0.05, 0.1) is 0 Å². The molecule has 4 nitrogen and oxygen atoms in total. The van der Waals surface area contributed by atoms with Crippen molar-refractivity contribution in [3.05, 3.63) is 0 Å². The van der Waals surface area contributed by atoms with Crippen LogP contribution in [-0.4, -0.2) is 56.7 Å². The standard InChI is InChI=1S/C10H25NO3Si2/c1-12-16(13-2,14-3)10-6-8-11-7-5-9-15(11)4/h15H,5-10H2,1-4H3. The summed E-state index contributed by atoms with van der Waals surface area (Å²) in [5, 5.41) is 0. The molecule has 1 heterocycles. The van der Waals surface area contributed by atoms with E-state index >= 15 is 0 Å². The third kappa shape index (κ3) is 3.64. The van der Waals surface area contributed by atoms with Crippen molar-refractivity contribution in [3.8, 4) is 0 Å². The molecule has 1 saturated heterocycles. The van der Waals surface area contributed by atoms with E-state index in [1.807, 2.05) is 0 Å². The van der Waals surface area contributed by atoms with Crippen LogP contribution >= 0.6 is 0 Å². The predicted molar refractivity (Wildman–Crippen MR) is 70.2 cm³/mol. The smallest absolute Gasteiger partial charge is 0.377 e. The van der Waals surface area contributed by atoms with Crippen LogP contribution in [-0.2, 0) is 13.3 Å². The van der Waals surface area contributed by atoms with Crippen LogP contribution in [0.3, 0.4) is 0 Å². The summed E-state index contributed by atoms with van der Waals surface area (Å²) in [6.45, 7) is 4.94. The molecule has 0 aromatic rings. The Morgan fingerprint density at radius 2 is 1.81 bits per heavy atom. The lowest BCUT2D eigenvalue weighted by Crippen LogP contribution is -2.43. The zero-order valence-electron chi connectivity index (χ0n) is 11.0. The van der Waals surface area contributed by atoms with Gasteiger partial charge < -0.3 is 17.8 Å². The molecule has 1 fully saturated rings. The SMILES string of the molecule is CO[Si](CCCN1CCC[SiH]1C)(OC)OC. The number of hydrogen-bond acceptors (Lipinski definition) is 4. The molecule has 16 heavy (non-hydrogen) atoms. The molecule has 0 aromatic heterocycles. The van der Waals surface area contributed by atoms with E-state index in [9.17, 15) is 0 Å². The summed E-state index contributed by atoms with van der Waals surface area (Å²) in [5.41, 5.74) is 0. The van der Waals surface area contributed by atoms with Crippen molar-refractivity contribution in [2.45, 2.75) is 31.5 Å². The fourth-order valence-corrected chi connectivity index (χ4v) is 6.47. The molecule has 0 saturated carbocycles. The van der Waals surface area contributed by atoms with Crippen LogP contribution in [0.2, 0.25) is 18.6 Å². The quantitative estimate of drug-likeness (QED) is 0.648. The molecule has 0 aromatic carbocycles. The Kier molecular flexibility index (Phi) is 6.16. The molecule has 96 valence electrons. The molecular formula is C10H25NO3Si2. The molecule has 1 unspecified atom stereocenters. The van der Waals surface area contributed by atoms with E-state index in [1.54, 1.807) is 21.3 Å². The number of rotatable bonds is 7. The molecule has 1 atom stereocenters. The average Bonchev–Trinajstić information content (AvgIpc) is 2.71. The first kappa shape index (κ1) is 14.3. The molecule has 0 N–H and O–H groups in total. The summed E-state index contributed by atoms with van der Waals surface area (Å²) < 4.78 is 18.9. The highest BCUT2D eigenvalue weighted by Gasteiger charge is 2.37. The van der Waals surface area contributed by atoms with Crippen LogP contribution in [0.1, 0.15) is 12.8 Å². The van der Waals surface area contributed by atoms with Crippen molar-refractivity contribution < 1.29 is 13.3 Å². The molecule has 1 aliphatic heterocycles. The second-order valence-electron chi connectivity index (χ2n) is 4.43. The van der Waals surface area contributed by atoms with Crippen molar-refractivity contribution in [3.63, 3.8) is 0 Å². The fourth-order valence-electron chi connectivity index (χ4n) is 2.38. The topological polar surface area (TPSA) is 30.9 Å². The van der Waals surface area contributed by atoms with Gasteiger partial charge in [-0.2, -0.15) is 0 Å². The van der Waals surface area contributed by atoms with Gasteiger partial charge in [-0.1, -0.05) is 6.55 Å². The minimum Gasteiger partial charge on any atom is -0.377 e. The zero-order valence-corrected chi connectivity index (χ0v) is 13.1. The Bertz CT molecular complexity index is 194. The maximum atomic E-state index is 5.42. The molecule has 1 aliphatic rings. The molecule has 1 rings (SSSR count). The van der Waals surface area contributed by atoms with E-state index in [0.29, 0.717) is 0 Å². The minimum atomic E-state index is -2.32. The third-order valence-electron chi connectivity index (χ3n) is 3.55. The molecule has 0 aliphatic carbocycles.